The van der Waals surface area contributed by atoms with Gasteiger partial charge in [0.25, 0.3) is 5.91 Å². The Balaban J connectivity index is 1.13. The van der Waals surface area contributed by atoms with Gasteiger partial charge in [-0.1, -0.05) is 0 Å². The van der Waals surface area contributed by atoms with Crippen LogP contribution in [-0.2, 0) is 7.05 Å². The molecule has 1 aromatic carbocycles. The number of likely N-dealkylation sites (tertiary alicyclic amines) is 1. The Hall–Kier alpha value is -3.01. The standard InChI is InChI=1S/C24H28F3N5O2/c1-31-6-5-28-22(31)23(33)30-21-11-29-20-3-2-18(10-19(20)21)34-7-4-15-8-16-12-32(13-17(16)9-15)14-24(25,26)27/h2-3,5-6,10-11,15-17,29H,4,7-9,12-14H2,1H3,(H,30,33)/t15-,16-,17+. The van der Waals surface area contributed by atoms with Crippen LogP contribution in [-0.4, -0.2) is 57.8 Å². The molecular formula is C24H28F3N5O2. The van der Waals surface area contributed by atoms with Crippen molar-refractivity contribution in [1.82, 2.24) is 19.4 Å². The molecule has 3 atom stereocenters. The number of nitrogens with one attached hydrogen (secondary N) is 2. The van der Waals surface area contributed by atoms with Crippen LogP contribution < -0.4 is 10.1 Å². The lowest BCUT2D eigenvalue weighted by Crippen LogP contribution is -2.33. The first-order valence-corrected chi connectivity index (χ1v) is 11.6. The number of hydrogen-bond donors (Lipinski definition) is 2. The molecule has 2 N–H and O–H groups in total. The number of imidazole rings is 1. The number of rotatable bonds is 7. The van der Waals surface area contributed by atoms with Gasteiger partial charge in [-0.25, -0.2) is 4.98 Å². The summed E-state index contributed by atoms with van der Waals surface area (Å²) in [6, 6.07) is 5.70. The molecule has 2 aliphatic rings. The number of carbonyl (C=O) groups excluding carboxylic acids is 1. The molecule has 34 heavy (non-hydrogen) atoms. The van der Waals surface area contributed by atoms with Crippen LogP contribution in [0.3, 0.4) is 0 Å². The molecule has 1 aliphatic heterocycles. The van der Waals surface area contributed by atoms with Crippen LogP contribution in [0.1, 0.15) is 29.9 Å². The summed E-state index contributed by atoms with van der Waals surface area (Å²) in [6.45, 7) is 0.873. The molecule has 3 aromatic rings. The number of fused-ring (bicyclic) bond motifs is 2. The average molecular weight is 476 g/mol. The van der Waals surface area contributed by atoms with Gasteiger partial charge in [0.2, 0.25) is 0 Å². The number of amides is 1. The van der Waals surface area contributed by atoms with Crippen molar-refractivity contribution in [3.8, 4) is 5.75 Å². The SMILES string of the molecule is Cn1ccnc1C(=O)Nc1c[nH]c2ccc(OCC[C@@H]3C[C@@H]4CN(CC(F)(F)F)C[C@@H]4C3)cc12. The van der Waals surface area contributed by atoms with Crippen molar-refractivity contribution in [3.63, 3.8) is 0 Å². The highest BCUT2D eigenvalue weighted by Crippen LogP contribution is 2.43. The van der Waals surface area contributed by atoms with E-state index in [1.807, 2.05) is 18.2 Å². The number of H-pyrrole nitrogens is 1. The van der Waals surface area contributed by atoms with Gasteiger partial charge in [0.15, 0.2) is 5.82 Å². The number of carbonyl (C=O) groups is 1. The Labute approximate surface area is 195 Å². The molecule has 0 spiro atoms. The van der Waals surface area contributed by atoms with Gasteiger partial charge in [-0.3, -0.25) is 9.69 Å². The number of benzene rings is 1. The topological polar surface area (TPSA) is 75.2 Å². The number of hydrogen-bond acceptors (Lipinski definition) is 4. The second-order valence-corrected chi connectivity index (χ2v) is 9.53. The third-order valence-electron chi connectivity index (χ3n) is 7.05. The zero-order valence-corrected chi connectivity index (χ0v) is 18.9. The fraction of sp³-hybridized carbons (Fsp3) is 0.500. The van der Waals surface area contributed by atoms with Crippen LogP contribution >= 0.6 is 0 Å². The maximum absolute atomic E-state index is 12.6. The molecule has 7 nitrogen and oxygen atoms in total. The van der Waals surface area contributed by atoms with Crippen LogP contribution in [0.25, 0.3) is 10.9 Å². The molecule has 1 saturated carbocycles. The monoisotopic (exact) mass is 475 g/mol. The molecule has 182 valence electrons. The van der Waals surface area contributed by atoms with Gasteiger partial charge in [-0.15, -0.1) is 0 Å². The van der Waals surface area contributed by atoms with E-state index in [0.29, 0.717) is 54.7 Å². The molecule has 2 aromatic heterocycles. The van der Waals surface area contributed by atoms with Gasteiger partial charge in [-0.05, 0) is 55.2 Å². The Kier molecular flexibility index (Phi) is 6.01. The molecule has 1 saturated heterocycles. The van der Waals surface area contributed by atoms with Gasteiger partial charge >= 0.3 is 6.18 Å². The highest BCUT2D eigenvalue weighted by atomic mass is 19.4. The Morgan fingerprint density at radius 2 is 2.03 bits per heavy atom. The Morgan fingerprint density at radius 3 is 2.71 bits per heavy atom. The normalized spacial score (nSPS) is 22.9. The minimum Gasteiger partial charge on any atom is -0.494 e. The van der Waals surface area contributed by atoms with Crippen molar-refractivity contribution >= 4 is 22.5 Å². The number of nitrogens with zero attached hydrogens (tertiary/aromatic N) is 3. The van der Waals surface area contributed by atoms with E-state index in [1.54, 1.807) is 35.1 Å². The lowest BCUT2D eigenvalue weighted by atomic mass is 10.0. The van der Waals surface area contributed by atoms with Gasteiger partial charge < -0.3 is 19.6 Å². The fourth-order valence-electron chi connectivity index (χ4n) is 5.54. The van der Waals surface area contributed by atoms with Crippen molar-refractivity contribution < 1.29 is 22.7 Å². The van der Waals surface area contributed by atoms with E-state index in [2.05, 4.69) is 15.3 Å². The molecule has 2 fully saturated rings. The van der Waals surface area contributed by atoms with Crippen molar-refractivity contribution in [3.05, 3.63) is 42.6 Å². The number of aromatic amines is 1. The molecule has 0 unspecified atom stereocenters. The average Bonchev–Trinajstić information content (AvgIpc) is 3.51. The highest BCUT2D eigenvalue weighted by molar-refractivity contribution is 6.07. The summed E-state index contributed by atoms with van der Waals surface area (Å²) in [6.07, 6.45) is 3.76. The van der Waals surface area contributed by atoms with Crippen LogP contribution in [0.4, 0.5) is 18.9 Å². The van der Waals surface area contributed by atoms with E-state index in [9.17, 15) is 18.0 Å². The second-order valence-electron chi connectivity index (χ2n) is 9.53. The summed E-state index contributed by atoms with van der Waals surface area (Å²) in [5.74, 6) is 1.98. The third kappa shape index (κ3) is 4.91. The van der Waals surface area contributed by atoms with Crippen molar-refractivity contribution in [2.45, 2.75) is 25.4 Å². The lowest BCUT2D eigenvalue weighted by molar-refractivity contribution is -0.144. The molecule has 5 rings (SSSR count). The first-order valence-electron chi connectivity index (χ1n) is 11.6. The molecule has 0 bridgehead atoms. The predicted molar refractivity (Wildman–Crippen MR) is 122 cm³/mol. The smallest absolute Gasteiger partial charge is 0.401 e. The van der Waals surface area contributed by atoms with Crippen LogP contribution in [0.5, 0.6) is 5.75 Å². The van der Waals surface area contributed by atoms with E-state index in [-0.39, 0.29) is 5.91 Å². The van der Waals surface area contributed by atoms with Crippen molar-refractivity contribution in [2.24, 2.45) is 24.8 Å². The fourth-order valence-corrected chi connectivity index (χ4v) is 5.54. The van der Waals surface area contributed by atoms with Gasteiger partial charge in [0.05, 0.1) is 18.8 Å². The summed E-state index contributed by atoms with van der Waals surface area (Å²) >= 11 is 0. The van der Waals surface area contributed by atoms with Crippen molar-refractivity contribution in [1.29, 1.82) is 0 Å². The second kappa shape index (κ2) is 8.98. The molecule has 10 heteroatoms. The maximum Gasteiger partial charge on any atom is 0.401 e. The summed E-state index contributed by atoms with van der Waals surface area (Å²) in [7, 11) is 1.76. The minimum atomic E-state index is -4.12. The van der Waals surface area contributed by atoms with E-state index >= 15 is 0 Å². The third-order valence-corrected chi connectivity index (χ3v) is 7.05. The molecule has 1 aliphatic carbocycles. The van der Waals surface area contributed by atoms with Crippen LogP contribution in [0.2, 0.25) is 0 Å². The molecule has 3 heterocycles. The van der Waals surface area contributed by atoms with Crippen molar-refractivity contribution in [2.75, 3.05) is 31.6 Å². The van der Waals surface area contributed by atoms with E-state index in [0.717, 1.165) is 30.2 Å². The summed E-state index contributed by atoms with van der Waals surface area (Å²) in [5.41, 5.74) is 1.54. The van der Waals surface area contributed by atoms with E-state index < -0.39 is 12.7 Å². The Morgan fingerprint density at radius 1 is 1.26 bits per heavy atom. The summed E-state index contributed by atoms with van der Waals surface area (Å²) in [5, 5.41) is 3.74. The molecule has 0 radical (unpaired) electrons. The van der Waals surface area contributed by atoms with Gasteiger partial charge in [0, 0.05) is 49.6 Å². The van der Waals surface area contributed by atoms with Crippen LogP contribution in [0, 0.1) is 17.8 Å². The van der Waals surface area contributed by atoms with Crippen LogP contribution in [0.15, 0.2) is 36.8 Å². The predicted octanol–water partition coefficient (Wildman–Crippen LogP) is 4.44. The Bertz CT molecular complexity index is 1160. The zero-order valence-electron chi connectivity index (χ0n) is 18.9. The molecular weight excluding hydrogens is 447 g/mol. The number of anilines is 1. The first kappa shape index (κ1) is 22.8. The number of aryl methyl sites for hydroxylation is 1. The quantitative estimate of drug-likeness (QED) is 0.530. The lowest BCUT2D eigenvalue weighted by Gasteiger charge is -2.20. The minimum absolute atomic E-state index is 0.291. The number of aromatic nitrogens is 3. The largest absolute Gasteiger partial charge is 0.494 e. The molecule has 1 amide bonds. The zero-order chi connectivity index (χ0) is 23.9. The summed E-state index contributed by atoms with van der Waals surface area (Å²) in [4.78, 5) is 21.3. The number of alkyl halides is 3. The highest BCUT2D eigenvalue weighted by Gasteiger charge is 2.43. The first-order chi connectivity index (χ1) is 16.2. The van der Waals surface area contributed by atoms with Gasteiger partial charge in [0.1, 0.15) is 5.75 Å². The maximum atomic E-state index is 12.6. The summed E-state index contributed by atoms with van der Waals surface area (Å²) < 4.78 is 45.6. The number of halogens is 3. The van der Waals surface area contributed by atoms with E-state index in [1.165, 1.54) is 0 Å². The number of ether oxygens (including phenoxy) is 1. The van der Waals surface area contributed by atoms with Gasteiger partial charge in [-0.2, -0.15) is 13.2 Å². The van der Waals surface area contributed by atoms with E-state index in [4.69, 9.17) is 4.74 Å².